The molecule has 0 aliphatic heterocycles. The maximum Gasteiger partial charge on any atom is 0.349 e. The zero-order valence-corrected chi connectivity index (χ0v) is 17.1. The third kappa shape index (κ3) is 5.98. The van der Waals surface area contributed by atoms with Gasteiger partial charge in [-0.2, -0.15) is 5.26 Å². The fourth-order valence-electron chi connectivity index (χ4n) is 2.45. The van der Waals surface area contributed by atoms with Crippen molar-refractivity contribution >= 4 is 34.4 Å². The topological polar surface area (TPSA) is 101 Å². The maximum atomic E-state index is 13.0. The van der Waals surface area contributed by atoms with E-state index in [4.69, 9.17) is 9.47 Å². The largest absolute Gasteiger partial charge is 0.497 e. The Kier molecular flexibility index (Phi) is 7.09. The molecule has 0 aliphatic rings. The van der Waals surface area contributed by atoms with E-state index < -0.39 is 18.5 Å². The van der Waals surface area contributed by atoms with Crippen LogP contribution in [-0.4, -0.2) is 30.6 Å². The van der Waals surface area contributed by atoms with Gasteiger partial charge in [0.2, 0.25) is 0 Å². The van der Waals surface area contributed by atoms with Crippen LogP contribution in [0.15, 0.2) is 59.5 Å². The first kappa shape index (κ1) is 21.7. The number of aromatic nitrogens is 1. The highest BCUT2D eigenvalue weighted by molar-refractivity contribution is 7.14. The van der Waals surface area contributed by atoms with Crippen LogP contribution in [0, 0.1) is 17.1 Å². The number of nitriles is 1. The number of esters is 1. The van der Waals surface area contributed by atoms with Gasteiger partial charge in [-0.1, -0.05) is 12.1 Å². The molecule has 3 rings (SSSR count). The predicted octanol–water partition coefficient (Wildman–Crippen LogP) is 4.05. The number of amides is 1. The minimum absolute atomic E-state index is 0.245. The number of benzene rings is 2. The molecule has 0 radical (unpaired) electrons. The van der Waals surface area contributed by atoms with E-state index in [9.17, 15) is 19.2 Å². The van der Waals surface area contributed by atoms with E-state index in [-0.39, 0.29) is 11.4 Å². The quantitative estimate of drug-likeness (QED) is 0.340. The molecule has 1 N–H and O–H groups in total. The van der Waals surface area contributed by atoms with Crippen molar-refractivity contribution in [2.75, 3.05) is 19.0 Å². The summed E-state index contributed by atoms with van der Waals surface area (Å²) in [6, 6.07) is 14.3. The first-order valence-electron chi connectivity index (χ1n) is 8.93. The number of nitrogens with one attached hydrogen (secondary N) is 1. The summed E-state index contributed by atoms with van der Waals surface area (Å²) in [5.41, 5.74) is 1.64. The van der Waals surface area contributed by atoms with Crippen LogP contribution in [-0.2, 0) is 14.3 Å². The molecule has 156 valence electrons. The fourth-order valence-corrected chi connectivity index (χ4v) is 3.19. The number of anilines is 1. The standard InChI is InChI=1S/C22H16FN3O4S/c1-29-18-8-2-14(3-9-18)10-16(11-24)21(28)30-12-20(27)26-22-25-19(13-31-22)15-4-6-17(23)7-5-15/h2-10,13H,12H2,1H3,(H,25,26,27). The summed E-state index contributed by atoms with van der Waals surface area (Å²) in [5.74, 6) is -1.23. The van der Waals surface area contributed by atoms with E-state index in [0.717, 1.165) is 0 Å². The van der Waals surface area contributed by atoms with Crippen molar-refractivity contribution in [2.24, 2.45) is 0 Å². The zero-order valence-electron chi connectivity index (χ0n) is 16.3. The lowest BCUT2D eigenvalue weighted by Crippen LogP contribution is -2.21. The average Bonchev–Trinajstić information content (AvgIpc) is 3.25. The molecule has 0 unspecified atom stereocenters. The second kappa shape index (κ2) is 10.1. The second-order valence-corrected chi connectivity index (χ2v) is 6.97. The van der Waals surface area contributed by atoms with Gasteiger partial charge in [-0.15, -0.1) is 11.3 Å². The molecule has 31 heavy (non-hydrogen) atoms. The highest BCUT2D eigenvalue weighted by atomic mass is 32.1. The van der Waals surface area contributed by atoms with Crippen LogP contribution in [0.1, 0.15) is 5.56 Å². The molecule has 1 aromatic heterocycles. The van der Waals surface area contributed by atoms with Crippen molar-refractivity contribution in [3.05, 3.63) is 70.9 Å². The minimum Gasteiger partial charge on any atom is -0.497 e. The Bertz CT molecular complexity index is 1150. The Morgan fingerprint density at radius 1 is 1.19 bits per heavy atom. The Balaban J connectivity index is 1.56. The minimum atomic E-state index is -0.917. The van der Waals surface area contributed by atoms with Crippen molar-refractivity contribution in [1.29, 1.82) is 5.26 Å². The first-order valence-corrected chi connectivity index (χ1v) is 9.81. The number of halogens is 1. The Labute approximate surface area is 181 Å². The molecule has 0 atom stereocenters. The van der Waals surface area contributed by atoms with Gasteiger partial charge >= 0.3 is 5.97 Å². The monoisotopic (exact) mass is 437 g/mol. The van der Waals surface area contributed by atoms with Crippen LogP contribution in [0.5, 0.6) is 5.75 Å². The van der Waals surface area contributed by atoms with E-state index in [2.05, 4.69) is 10.3 Å². The van der Waals surface area contributed by atoms with Crippen molar-refractivity contribution in [3.8, 4) is 23.1 Å². The number of hydrogen-bond acceptors (Lipinski definition) is 7. The van der Waals surface area contributed by atoms with Gasteiger partial charge in [0.05, 0.1) is 12.8 Å². The van der Waals surface area contributed by atoms with Crippen LogP contribution >= 0.6 is 11.3 Å². The Morgan fingerprint density at radius 3 is 2.55 bits per heavy atom. The van der Waals surface area contributed by atoms with Crippen LogP contribution in [0.2, 0.25) is 0 Å². The van der Waals surface area contributed by atoms with Gasteiger partial charge in [0.1, 0.15) is 23.2 Å². The second-order valence-electron chi connectivity index (χ2n) is 6.11. The molecule has 0 aliphatic carbocycles. The third-order valence-corrected chi connectivity index (χ3v) is 4.75. The van der Waals surface area contributed by atoms with Crippen molar-refractivity contribution < 1.29 is 23.5 Å². The van der Waals surface area contributed by atoms with E-state index in [1.54, 1.807) is 47.8 Å². The predicted molar refractivity (Wildman–Crippen MR) is 114 cm³/mol. The molecule has 0 saturated heterocycles. The summed E-state index contributed by atoms with van der Waals surface area (Å²) in [6.07, 6.45) is 1.36. The average molecular weight is 437 g/mol. The lowest BCUT2D eigenvalue weighted by Gasteiger charge is -2.04. The normalized spacial score (nSPS) is 10.8. The Hall–Kier alpha value is -4.03. The number of carbonyl (C=O) groups is 2. The van der Waals surface area contributed by atoms with Gasteiger partial charge in [0, 0.05) is 10.9 Å². The molecule has 1 amide bonds. The zero-order chi connectivity index (χ0) is 22.2. The summed E-state index contributed by atoms with van der Waals surface area (Å²) in [4.78, 5) is 28.4. The van der Waals surface area contributed by atoms with Gasteiger partial charge in [0.25, 0.3) is 5.91 Å². The highest BCUT2D eigenvalue weighted by Gasteiger charge is 2.14. The van der Waals surface area contributed by atoms with Crippen molar-refractivity contribution in [2.45, 2.75) is 0 Å². The van der Waals surface area contributed by atoms with Crippen LogP contribution < -0.4 is 10.1 Å². The van der Waals surface area contributed by atoms with Crippen molar-refractivity contribution in [3.63, 3.8) is 0 Å². The van der Waals surface area contributed by atoms with Crippen LogP contribution in [0.3, 0.4) is 0 Å². The molecule has 9 heteroatoms. The third-order valence-electron chi connectivity index (χ3n) is 3.99. The summed E-state index contributed by atoms with van der Waals surface area (Å²) in [7, 11) is 1.53. The molecule has 0 fully saturated rings. The molecule has 0 bridgehead atoms. The van der Waals surface area contributed by atoms with E-state index in [1.165, 1.54) is 36.7 Å². The number of nitrogens with zero attached hydrogens (tertiary/aromatic N) is 2. The van der Waals surface area contributed by atoms with Gasteiger partial charge in [-0.25, -0.2) is 14.2 Å². The molecular formula is C22H16FN3O4S. The lowest BCUT2D eigenvalue weighted by atomic mass is 10.1. The molecule has 2 aromatic carbocycles. The van der Waals surface area contributed by atoms with Crippen molar-refractivity contribution in [1.82, 2.24) is 4.98 Å². The smallest absolute Gasteiger partial charge is 0.349 e. The number of thiazole rings is 1. The van der Waals surface area contributed by atoms with Crippen LogP contribution in [0.4, 0.5) is 9.52 Å². The number of methoxy groups -OCH3 is 1. The van der Waals surface area contributed by atoms with E-state index in [1.807, 2.05) is 0 Å². The van der Waals surface area contributed by atoms with Gasteiger partial charge in [-0.05, 0) is 48.0 Å². The molecule has 0 spiro atoms. The van der Waals surface area contributed by atoms with E-state index in [0.29, 0.717) is 27.7 Å². The Morgan fingerprint density at radius 2 is 1.90 bits per heavy atom. The first-order chi connectivity index (χ1) is 15.0. The molecule has 0 saturated carbocycles. The summed E-state index contributed by atoms with van der Waals surface area (Å²) in [6.45, 7) is -0.577. The number of carbonyl (C=O) groups excluding carboxylic acids is 2. The van der Waals surface area contributed by atoms with Gasteiger partial charge in [-0.3, -0.25) is 10.1 Å². The fraction of sp³-hybridized carbons (Fsp3) is 0.0909. The van der Waals surface area contributed by atoms with Gasteiger partial charge < -0.3 is 9.47 Å². The molecular weight excluding hydrogens is 421 g/mol. The van der Waals surface area contributed by atoms with E-state index >= 15 is 0 Å². The number of ether oxygens (including phenoxy) is 2. The number of rotatable bonds is 7. The number of hydrogen-bond donors (Lipinski definition) is 1. The highest BCUT2D eigenvalue weighted by Crippen LogP contribution is 2.25. The molecule has 7 nitrogen and oxygen atoms in total. The van der Waals surface area contributed by atoms with Crippen LogP contribution in [0.25, 0.3) is 17.3 Å². The summed E-state index contributed by atoms with van der Waals surface area (Å²) in [5, 5.41) is 13.7. The summed E-state index contributed by atoms with van der Waals surface area (Å²) >= 11 is 1.18. The lowest BCUT2D eigenvalue weighted by molar-refractivity contribution is -0.142. The molecule has 3 aromatic rings. The van der Waals surface area contributed by atoms with Gasteiger partial charge in [0.15, 0.2) is 11.7 Å². The molecule has 1 heterocycles. The maximum absolute atomic E-state index is 13.0. The SMILES string of the molecule is COc1ccc(C=C(C#N)C(=O)OCC(=O)Nc2nc(-c3ccc(F)cc3)cs2)cc1. The summed E-state index contributed by atoms with van der Waals surface area (Å²) < 4.78 is 23.0.